The van der Waals surface area contributed by atoms with Crippen LogP contribution < -0.4 is 5.73 Å². The zero-order valence-corrected chi connectivity index (χ0v) is 7.35. The van der Waals surface area contributed by atoms with Gasteiger partial charge in [-0.3, -0.25) is 0 Å². The van der Waals surface area contributed by atoms with E-state index >= 15 is 0 Å². The summed E-state index contributed by atoms with van der Waals surface area (Å²) in [6.07, 6.45) is 5.57. The van der Waals surface area contributed by atoms with Crippen molar-refractivity contribution in [1.82, 2.24) is 14.6 Å². The monoisotopic (exact) mass is 176 g/mol. The van der Waals surface area contributed by atoms with E-state index < -0.39 is 0 Å². The summed E-state index contributed by atoms with van der Waals surface area (Å²) in [5, 5.41) is 4.35. The van der Waals surface area contributed by atoms with Crippen LogP contribution in [-0.4, -0.2) is 21.1 Å². The van der Waals surface area contributed by atoms with Crippen LogP contribution in [0.3, 0.4) is 0 Å². The summed E-state index contributed by atoms with van der Waals surface area (Å²) in [6, 6.07) is 3.86. The van der Waals surface area contributed by atoms with Gasteiger partial charge in [0, 0.05) is 18.5 Å². The van der Waals surface area contributed by atoms with Crippen molar-refractivity contribution in [3.05, 3.63) is 30.2 Å². The predicted molar refractivity (Wildman–Crippen MR) is 50.4 cm³/mol. The van der Waals surface area contributed by atoms with Gasteiger partial charge in [0.05, 0.1) is 5.69 Å². The maximum Gasteiger partial charge on any atom is 0.155 e. The SMILES string of the molecule is NCCCc1cc2ncccn2n1. The molecule has 0 bridgehead atoms. The first-order chi connectivity index (χ1) is 6.40. The molecular formula is C9H12N4. The number of hydrogen-bond acceptors (Lipinski definition) is 3. The first-order valence-electron chi connectivity index (χ1n) is 4.39. The van der Waals surface area contributed by atoms with Gasteiger partial charge in [0.25, 0.3) is 0 Å². The Morgan fingerprint density at radius 1 is 1.46 bits per heavy atom. The van der Waals surface area contributed by atoms with Gasteiger partial charge in [-0.2, -0.15) is 5.10 Å². The second kappa shape index (κ2) is 3.53. The van der Waals surface area contributed by atoms with Crippen molar-refractivity contribution in [2.75, 3.05) is 6.54 Å². The van der Waals surface area contributed by atoms with Gasteiger partial charge in [0.15, 0.2) is 5.65 Å². The highest BCUT2D eigenvalue weighted by Gasteiger charge is 2.00. The van der Waals surface area contributed by atoms with E-state index in [0.29, 0.717) is 6.54 Å². The topological polar surface area (TPSA) is 56.2 Å². The number of nitrogens with zero attached hydrogens (tertiary/aromatic N) is 3. The fraction of sp³-hybridized carbons (Fsp3) is 0.333. The van der Waals surface area contributed by atoms with Crippen molar-refractivity contribution in [2.24, 2.45) is 5.73 Å². The van der Waals surface area contributed by atoms with Crippen LogP contribution in [0.15, 0.2) is 24.5 Å². The number of rotatable bonds is 3. The first-order valence-corrected chi connectivity index (χ1v) is 4.39. The van der Waals surface area contributed by atoms with Crippen LogP contribution in [0.4, 0.5) is 0 Å². The Bertz CT molecular complexity index is 360. The molecule has 2 N–H and O–H groups in total. The highest BCUT2D eigenvalue weighted by atomic mass is 15.2. The van der Waals surface area contributed by atoms with Crippen LogP contribution in [0.5, 0.6) is 0 Å². The molecule has 2 rings (SSSR count). The maximum absolute atomic E-state index is 5.42. The highest BCUT2D eigenvalue weighted by Crippen LogP contribution is 2.04. The minimum absolute atomic E-state index is 0.710. The van der Waals surface area contributed by atoms with Crippen LogP contribution in [0, 0.1) is 0 Å². The Morgan fingerprint density at radius 2 is 2.38 bits per heavy atom. The third kappa shape index (κ3) is 1.67. The van der Waals surface area contributed by atoms with Gasteiger partial charge in [0.1, 0.15) is 0 Å². The number of hydrogen-bond donors (Lipinski definition) is 1. The van der Waals surface area contributed by atoms with E-state index in [-0.39, 0.29) is 0 Å². The van der Waals surface area contributed by atoms with Crippen molar-refractivity contribution in [3.8, 4) is 0 Å². The van der Waals surface area contributed by atoms with E-state index in [1.165, 1.54) is 0 Å². The molecule has 0 aliphatic heterocycles. The van der Waals surface area contributed by atoms with Crippen molar-refractivity contribution < 1.29 is 0 Å². The Labute approximate surface area is 76.4 Å². The van der Waals surface area contributed by atoms with E-state index in [0.717, 1.165) is 24.2 Å². The second-order valence-corrected chi connectivity index (χ2v) is 2.95. The Hall–Kier alpha value is -1.42. The number of aryl methyl sites for hydroxylation is 1. The largest absolute Gasteiger partial charge is 0.330 e. The van der Waals surface area contributed by atoms with Gasteiger partial charge in [-0.05, 0) is 25.5 Å². The van der Waals surface area contributed by atoms with Gasteiger partial charge in [-0.25, -0.2) is 9.50 Å². The summed E-state index contributed by atoms with van der Waals surface area (Å²) in [5.41, 5.74) is 7.38. The highest BCUT2D eigenvalue weighted by molar-refractivity contribution is 5.38. The molecule has 0 saturated heterocycles. The van der Waals surface area contributed by atoms with Gasteiger partial charge >= 0.3 is 0 Å². The number of aromatic nitrogens is 3. The second-order valence-electron chi connectivity index (χ2n) is 2.95. The summed E-state index contributed by atoms with van der Waals surface area (Å²) in [7, 11) is 0. The van der Waals surface area contributed by atoms with Gasteiger partial charge < -0.3 is 5.73 Å². The predicted octanol–water partition coefficient (Wildman–Crippen LogP) is 0.621. The molecule has 0 atom stereocenters. The lowest BCUT2D eigenvalue weighted by atomic mass is 10.2. The van der Waals surface area contributed by atoms with Crippen LogP contribution in [-0.2, 0) is 6.42 Å². The van der Waals surface area contributed by atoms with Crippen molar-refractivity contribution in [1.29, 1.82) is 0 Å². The lowest BCUT2D eigenvalue weighted by Gasteiger charge is -1.90. The molecule has 0 unspecified atom stereocenters. The molecule has 2 heterocycles. The maximum atomic E-state index is 5.42. The third-order valence-corrected chi connectivity index (χ3v) is 1.92. The molecule has 0 spiro atoms. The Kier molecular flexibility index (Phi) is 2.23. The average molecular weight is 176 g/mol. The Balaban J connectivity index is 2.28. The van der Waals surface area contributed by atoms with E-state index in [1.807, 2.05) is 18.3 Å². The fourth-order valence-corrected chi connectivity index (χ4v) is 1.28. The lowest BCUT2D eigenvalue weighted by molar-refractivity contribution is 0.788. The first kappa shape index (κ1) is 8.19. The van der Waals surface area contributed by atoms with Crippen molar-refractivity contribution in [2.45, 2.75) is 12.8 Å². The quantitative estimate of drug-likeness (QED) is 0.745. The summed E-state index contributed by atoms with van der Waals surface area (Å²) in [5.74, 6) is 0. The molecule has 0 aliphatic rings. The minimum Gasteiger partial charge on any atom is -0.330 e. The summed E-state index contributed by atoms with van der Waals surface area (Å²) in [4.78, 5) is 4.18. The minimum atomic E-state index is 0.710. The Morgan fingerprint density at radius 3 is 3.15 bits per heavy atom. The van der Waals surface area contributed by atoms with E-state index in [4.69, 9.17) is 5.73 Å². The van der Waals surface area contributed by atoms with Crippen LogP contribution in [0.2, 0.25) is 0 Å². The molecular weight excluding hydrogens is 164 g/mol. The van der Waals surface area contributed by atoms with Gasteiger partial charge in [-0.15, -0.1) is 0 Å². The number of nitrogens with two attached hydrogens (primary N) is 1. The molecule has 13 heavy (non-hydrogen) atoms. The molecule has 0 fully saturated rings. The molecule has 2 aromatic heterocycles. The van der Waals surface area contributed by atoms with Crippen LogP contribution in [0.25, 0.3) is 5.65 Å². The smallest absolute Gasteiger partial charge is 0.155 e. The van der Waals surface area contributed by atoms with Crippen molar-refractivity contribution in [3.63, 3.8) is 0 Å². The van der Waals surface area contributed by atoms with Gasteiger partial charge in [0.2, 0.25) is 0 Å². The van der Waals surface area contributed by atoms with Crippen LogP contribution >= 0.6 is 0 Å². The molecule has 68 valence electrons. The lowest BCUT2D eigenvalue weighted by Crippen LogP contribution is -2.00. The van der Waals surface area contributed by atoms with E-state index in [2.05, 4.69) is 10.1 Å². The summed E-state index contributed by atoms with van der Waals surface area (Å²) < 4.78 is 1.78. The zero-order valence-electron chi connectivity index (χ0n) is 7.35. The molecule has 0 radical (unpaired) electrons. The zero-order chi connectivity index (χ0) is 9.10. The molecule has 0 aromatic carbocycles. The average Bonchev–Trinajstić information content (AvgIpc) is 2.57. The molecule has 4 nitrogen and oxygen atoms in total. The van der Waals surface area contributed by atoms with Gasteiger partial charge in [-0.1, -0.05) is 0 Å². The van der Waals surface area contributed by atoms with Crippen molar-refractivity contribution >= 4 is 5.65 Å². The third-order valence-electron chi connectivity index (χ3n) is 1.92. The number of fused-ring (bicyclic) bond motifs is 1. The fourth-order valence-electron chi connectivity index (χ4n) is 1.28. The van der Waals surface area contributed by atoms with Crippen LogP contribution in [0.1, 0.15) is 12.1 Å². The molecule has 0 aliphatic carbocycles. The molecule has 0 saturated carbocycles. The van der Waals surface area contributed by atoms with E-state index in [1.54, 1.807) is 10.7 Å². The molecule has 2 aromatic rings. The molecule has 4 heteroatoms. The van der Waals surface area contributed by atoms with E-state index in [9.17, 15) is 0 Å². The molecule has 0 amide bonds. The standard InChI is InChI=1S/C9H12N4/c10-4-1-3-8-7-9-11-5-2-6-13(9)12-8/h2,5-7H,1,3-4,10H2. The summed E-state index contributed by atoms with van der Waals surface area (Å²) >= 11 is 0. The normalized spacial score (nSPS) is 10.8. The summed E-state index contributed by atoms with van der Waals surface area (Å²) in [6.45, 7) is 0.710.